The Kier molecular flexibility index (Phi) is 4.74. The van der Waals surface area contributed by atoms with E-state index < -0.39 is 0 Å². The first kappa shape index (κ1) is 15.4. The lowest BCUT2D eigenvalue weighted by atomic mass is 9.93. The van der Waals surface area contributed by atoms with Crippen LogP contribution in [0.2, 0.25) is 5.15 Å². The third-order valence-corrected chi connectivity index (χ3v) is 5.04. The van der Waals surface area contributed by atoms with Gasteiger partial charge in [0.05, 0.1) is 5.56 Å². The molecule has 1 aromatic heterocycles. The fourth-order valence-corrected chi connectivity index (χ4v) is 3.75. The summed E-state index contributed by atoms with van der Waals surface area (Å²) < 4.78 is 1.41. The maximum absolute atomic E-state index is 12.6. The van der Waals surface area contributed by atoms with Crippen molar-refractivity contribution in [3.63, 3.8) is 0 Å². The van der Waals surface area contributed by atoms with Crippen molar-refractivity contribution < 1.29 is 0 Å². The van der Waals surface area contributed by atoms with Crippen molar-refractivity contribution in [3.05, 3.63) is 31.6 Å². The topological polar surface area (TPSA) is 54.9 Å². The van der Waals surface area contributed by atoms with E-state index in [1.54, 1.807) is 0 Å². The lowest BCUT2D eigenvalue weighted by Crippen LogP contribution is -2.41. The van der Waals surface area contributed by atoms with Crippen LogP contribution in [0.25, 0.3) is 0 Å². The highest BCUT2D eigenvalue weighted by Crippen LogP contribution is 2.40. The van der Waals surface area contributed by atoms with E-state index in [-0.39, 0.29) is 22.4 Å². The second-order valence-corrected chi connectivity index (χ2v) is 6.20. The lowest BCUT2D eigenvalue weighted by molar-refractivity contribution is 0.316. The molecule has 5 heteroatoms. The SMILES string of the molecule is CCCc1c(Cl)[nH]c(=O)n(C2CCC(CC)C2C)c1=O. The molecule has 3 unspecified atom stereocenters. The van der Waals surface area contributed by atoms with Crippen molar-refractivity contribution in [2.24, 2.45) is 11.8 Å². The van der Waals surface area contributed by atoms with E-state index >= 15 is 0 Å². The maximum atomic E-state index is 12.6. The summed E-state index contributed by atoms with van der Waals surface area (Å²) in [7, 11) is 0. The fourth-order valence-electron chi connectivity index (χ4n) is 3.49. The molecule has 1 aliphatic carbocycles. The average Bonchev–Trinajstić information content (AvgIpc) is 2.76. The zero-order valence-electron chi connectivity index (χ0n) is 12.4. The van der Waals surface area contributed by atoms with Gasteiger partial charge in [-0.05, 0) is 31.1 Å². The van der Waals surface area contributed by atoms with Gasteiger partial charge in [0.15, 0.2) is 0 Å². The van der Waals surface area contributed by atoms with Crippen molar-refractivity contribution in [2.75, 3.05) is 0 Å². The van der Waals surface area contributed by atoms with Crippen LogP contribution < -0.4 is 11.2 Å². The normalized spacial score (nSPS) is 26.1. The summed E-state index contributed by atoms with van der Waals surface area (Å²) in [6.45, 7) is 6.31. The van der Waals surface area contributed by atoms with Crippen molar-refractivity contribution in [2.45, 2.75) is 58.9 Å². The van der Waals surface area contributed by atoms with E-state index in [9.17, 15) is 9.59 Å². The van der Waals surface area contributed by atoms with Gasteiger partial charge in [0.2, 0.25) is 0 Å². The van der Waals surface area contributed by atoms with Gasteiger partial charge in [0.25, 0.3) is 5.56 Å². The quantitative estimate of drug-likeness (QED) is 0.868. The number of halogens is 1. The number of hydrogen-bond donors (Lipinski definition) is 1. The van der Waals surface area contributed by atoms with Gasteiger partial charge in [-0.15, -0.1) is 0 Å². The molecule has 0 amide bonds. The Morgan fingerprint density at radius 1 is 1.30 bits per heavy atom. The zero-order chi connectivity index (χ0) is 14.9. The minimum absolute atomic E-state index is 0.00377. The van der Waals surface area contributed by atoms with E-state index in [0.29, 0.717) is 23.8 Å². The van der Waals surface area contributed by atoms with E-state index in [4.69, 9.17) is 11.6 Å². The Bertz CT molecular complexity index is 591. The Morgan fingerprint density at radius 2 is 2.00 bits per heavy atom. The Hall–Kier alpha value is -1.03. The van der Waals surface area contributed by atoms with Crippen molar-refractivity contribution >= 4 is 11.6 Å². The first-order valence-electron chi connectivity index (χ1n) is 7.54. The van der Waals surface area contributed by atoms with Crippen LogP contribution in [-0.2, 0) is 6.42 Å². The molecule has 1 heterocycles. The number of rotatable bonds is 4. The van der Waals surface area contributed by atoms with Crippen molar-refractivity contribution in [3.8, 4) is 0 Å². The molecule has 3 atom stereocenters. The molecule has 112 valence electrons. The van der Waals surface area contributed by atoms with Crippen molar-refractivity contribution in [1.82, 2.24) is 9.55 Å². The molecule has 1 saturated carbocycles. The summed E-state index contributed by atoms with van der Waals surface area (Å²) in [5.74, 6) is 0.950. The second kappa shape index (κ2) is 6.17. The summed E-state index contributed by atoms with van der Waals surface area (Å²) >= 11 is 6.02. The van der Waals surface area contributed by atoms with Crippen LogP contribution in [0.15, 0.2) is 9.59 Å². The van der Waals surface area contributed by atoms with Gasteiger partial charge in [-0.1, -0.05) is 45.2 Å². The number of H-pyrrole nitrogens is 1. The van der Waals surface area contributed by atoms with Gasteiger partial charge in [-0.3, -0.25) is 14.3 Å². The first-order chi connectivity index (χ1) is 9.51. The Morgan fingerprint density at radius 3 is 2.55 bits per heavy atom. The number of aromatic nitrogens is 2. The maximum Gasteiger partial charge on any atom is 0.329 e. The predicted molar refractivity (Wildman–Crippen MR) is 81.5 cm³/mol. The molecule has 0 bridgehead atoms. The monoisotopic (exact) mass is 298 g/mol. The molecule has 20 heavy (non-hydrogen) atoms. The number of aromatic amines is 1. The highest BCUT2D eigenvalue weighted by Gasteiger charge is 2.34. The first-order valence-corrected chi connectivity index (χ1v) is 7.92. The molecule has 2 rings (SSSR count). The Labute approximate surface area is 124 Å². The van der Waals surface area contributed by atoms with Crippen LogP contribution in [0.1, 0.15) is 58.1 Å². The van der Waals surface area contributed by atoms with Crippen LogP contribution in [0, 0.1) is 11.8 Å². The predicted octanol–water partition coefficient (Wildman–Crippen LogP) is 3.14. The lowest BCUT2D eigenvalue weighted by Gasteiger charge is -2.21. The van der Waals surface area contributed by atoms with Gasteiger partial charge in [0, 0.05) is 6.04 Å². The van der Waals surface area contributed by atoms with Crippen LogP contribution in [0.5, 0.6) is 0 Å². The molecule has 0 spiro atoms. The second-order valence-electron chi connectivity index (χ2n) is 5.82. The van der Waals surface area contributed by atoms with Crippen LogP contribution in [-0.4, -0.2) is 9.55 Å². The molecule has 0 radical (unpaired) electrons. The van der Waals surface area contributed by atoms with Crippen LogP contribution >= 0.6 is 11.6 Å². The molecular formula is C15H23ClN2O2. The van der Waals surface area contributed by atoms with Crippen LogP contribution in [0.4, 0.5) is 0 Å². The molecule has 1 aliphatic rings. The highest BCUT2D eigenvalue weighted by molar-refractivity contribution is 6.30. The molecule has 1 N–H and O–H groups in total. The Balaban J connectivity index is 2.50. The number of nitrogens with zero attached hydrogens (tertiary/aromatic N) is 1. The summed E-state index contributed by atoms with van der Waals surface area (Å²) in [5, 5.41) is 0.204. The number of nitrogens with one attached hydrogen (secondary N) is 1. The summed E-state index contributed by atoms with van der Waals surface area (Å²) in [6, 6.07) is 0.00377. The average molecular weight is 299 g/mol. The summed E-state index contributed by atoms with van der Waals surface area (Å²) in [6.07, 6.45) is 4.51. The van der Waals surface area contributed by atoms with Gasteiger partial charge >= 0.3 is 5.69 Å². The molecule has 0 aromatic carbocycles. The largest absolute Gasteiger partial charge is 0.329 e. The van der Waals surface area contributed by atoms with Gasteiger partial charge in [0.1, 0.15) is 5.15 Å². The minimum atomic E-state index is -0.367. The van der Waals surface area contributed by atoms with Crippen molar-refractivity contribution in [1.29, 1.82) is 0 Å². The zero-order valence-corrected chi connectivity index (χ0v) is 13.2. The molecule has 4 nitrogen and oxygen atoms in total. The summed E-state index contributed by atoms with van der Waals surface area (Å²) in [4.78, 5) is 27.4. The fraction of sp³-hybridized carbons (Fsp3) is 0.733. The van der Waals surface area contributed by atoms with Crippen LogP contribution in [0.3, 0.4) is 0 Å². The third-order valence-electron chi connectivity index (χ3n) is 4.72. The minimum Gasteiger partial charge on any atom is -0.297 e. The third kappa shape index (κ3) is 2.58. The molecule has 0 aliphatic heterocycles. The molecule has 1 fully saturated rings. The summed E-state index contributed by atoms with van der Waals surface area (Å²) in [5.41, 5.74) is -0.0245. The van der Waals surface area contributed by atoms with Gasteiger partial charge in [-0.2, -0.15) is 0 Å². The standard InChI is InChI=1S/C15H23ClN2O2/c1-4-6-11-13(16)17-15(20)18(14(11)19)12-8-7-10(5-2)9(12)3/h9-10,12H,4-8H2,1-3H3,(H,17,20). The molecule has 0 saturated heterocycles. The van der Waals surface area contributed by atoms with E-state index in [1.807, 2.05) is 6.92 Å². The molecular weight excluding hydrogens is 276 g/mol. The van der Waals surface area contributed by atoms with Gasteiger partial charge < -0.3 is 0 Å². The van der Waals surface area contributed by atoms with E-state index in [2.05, 4.69) is 18.8 Å². The van der Waals surface area contributed by atoms with E-state index in [1.165, 1.54) is 4.57 Å². The molecule has 1 aromatic rings. The smallest absolute Gasteiger partial charge is 0.297 e. The van der Waals surface area contributed by atoms with Gasteiger partial charge in [-0.25, -0.2) is 4.79 Å². The van der Waals surface area contributed by atoms with E-state index in [0.717, 1.165) is 25.7 Å². The highest BCUT2D eigenvalue weighted by atomic mass is 35.5. The number of hydrogen-bond acceptors (Lipinski definition) is 2.